The van der Waals surface area contributed by atoms with E-state index in [0.717, 1.165) is 21.7 Å². The van der Waals surface area contributed by atoms with Gasteiger partial charge < -0.3 is 16.0 Å². The number of para-hydroxylation sites is 1. The van der Waals surface area contributed by atoms with Gasteiger partial charge in [-0.25, -0.2) is 0 Å². The highest BCUT2D eigenvalue weighted by atomic mass is 32.2. The summed E-state index contributed by atoms with van der Waals surface area (Å²) in [6.45, 7) is 1.96. The van der Waals surface area contributed by atoms with Crippen molar-refractivity contribution in [3.63, 3.8) is 0 Å². The molecule has 190 valence electrons. The Labute approximate surface area is 226 Å². The van der Waals surface area contributed by atoms with Crippen LogP contribution in [0.25, 0.3) is 6.08 Å². The van der Waals surface area contributed by atoms with E-state index >= 15 is 0 Å². The Balaban J connectivity index is 1.41. The molecular weight excluding hydrogens is 494 g/mol. The first-order chi connectivity index (χ1) is 18.5. The monoisotopic (exact) mass is 521 g/mol. The van der Waals surface area contributed by atoms with Crippen molar-refractivity contribution in [3.05, 3.63) is 132 Å². The smallest absolute Gasteiger partial charge is 0.272 e. The van der Waals surface area contributed by atoms with Crippen LogP contribution in [0.1, 0.15) is 21.5 Å². The summed E-state index contributed by atoms with van der Waals surface area (Å²) in [7, 11) is 0. The standard InChI is InChI=1S/C31H27N3O3S/c1-22-9-8-10-23(19-22)20-28(34-30(36)24-11-4-2-5-12-24)31(37)33-26-15-17-27(18-16-26)38-21-29(35)32-25-13-6-3-7-14-25/h2-20H,21H2,1H3,(H,32,35)(H,33,37)(H,34,36)/b28-20-. The third-order valence-corrected chi connectivity index (χ3v) is 6.43. The predicted molar refractivity (Wildman–Crippen MR) is 154 cm³/mol. The van der Waals surface area contributed by atoms with Crippen LogP contribution in [0.15, 0.2) is 120 Å². The molecule has 0 heterocycles. The molecule has 0 radical (unpaired) electrons. The van der Waals surface area contributed by atoms with Crippen molar-refractivity contribution < 1.29 is 14.4 Å². The molecule has 0 atom stereocenters. The molecule has 6 nitrogen and oxygen atoms in total. The van der Waals surface area contributed by atoms with Gasteiger partial charge in [-0.1, -0.05) is 66.2 Å². The highest BCUT2D eigenvalue weighted by Crippen LogP contribution is 2.21. The summed E-state index contributed by atoms with van der Waals surface area (Å²) in [6.07, 6.45) is 1.65. The van der Waals surface area contributed by atoms with Crippen LogP contribution in [0.2, 0.25) is 0 Å². The largest absolute Gasteiger partial charge is 0.325 e. The zero-order valence-corrected chi connectivity index (χ0v) is 21.6. The second-order valence-electron chi connectivity index (χ2n) is 8.47. The van der Waals surface area contributed by atoms with Crippen LogP contribution in [0, 0.1) is 6.92 Å². The average Bonchev–Trinajstić information content (AvgIpc) is 2.93. The van der Waals surface area contributed by atoms with Crippen LogP contribution in [0.5, 0.6) is 0 Å². The molecule has 4 rings (SSSR count). The first-order valence-electron chi connectivity index (χ1n) is 12.0. The molecule has 0 spiro atoms. The molecule has 0 aliphatic heterocycles. The van der Waals surface area contributed by atoms with E-state index in [-0.39, 0.29) is 23.3 Å². The zero-order valence-electron chi connectivity index (χ0n) is 20.8. The van der Waals surface area contributed by atoms with Gasteiger partial charge in [-0.05, 0) is 67.1 Å². The topological polar surface area (TPSA) is 87.3 Å². The minimum absolute atomic E-state index is 0.0985. The minimum atomic E-state index is -0.446. The molecule has 0 saturated carbocycles. The fraction of sp³-hybridized carbons (Fsp3) is 0.0645. The molecule has 4 aromatic carbocycles. The molecule has 0 saturated heterocycles. The summed E-state index contributed by atoms with van der Waals surface area (Å²) in [4.78, 5) is 39.1. The Kier molecular flexibility index (Phi) is 9.10. The SMILES string of the molecule is Cc1cccc(/C=C(\NC(=O)c2ccccc2)C(=O)Nc2ccc(SCC(=O)Nc3ccccc3)cc2)c1. The number of hydrogen-bond donors (Lipinski definition) is 3. The highest BCUT2D eigenvalue weighted by Gasteiger charge is 2.15. The highest BCUT2D eigenvalue weighted by molar-refractivity contribution is 8.00. The number of carbonyl (C=O) groups excluding carboxylic acids is 3. The summed E-state index contributed by atoms with van der Waals surface area (Å²) in [6, 6.07) is 32.9. The molecule has 0 aromatic heterocycles. The second-order valence-corrected chi connectivity index (χ2v) is 9.52. The van der Waals surface area contributed by atoms with Gasteiger partial charge in [0.1, 0.15) is 5.70 Å². The van der Waals surface area contributed by atoms with Crippen molar-refractivity contribution in [3.8, 4) is 0 Å². The molecule has 7 heteroatoms. The lowest BCUT2D eigenvalue weighted by Gasteiger charge is -2.12. The number of hydrogen-bond acceptors (Lipinski definition) is 4. The molecule has 38 heavy (non-hydrogen) atoms. The maximum Gasteiger partial charge on any atom is 0.272 e. The van der Waals surface area contributed by atoms with Crippen LogP contribution in [-0.4, -0.2) is 23.5 Å². The fourth-order valence-corrected chi connectivity index (χ4v) is 4.27. The van der Waals surface area contributed by atoms with Gasteiger partial charge in [-0.2, -0.15) is 0 Å². The second kappa shape index (κ2) is 13.1. The third kappa shape index (κ3) is 7.94. The number of carbonyl (C=O) groups is 3. The normalized spacial score (nSPS) is 10.9. The summed E-state index contributed by atoms with van der Waals surface area (Å²) < 4.78 is 0. The van der Waals surface area contributed by atoms with E-state index in [1.807, 2.05) is 79.7 Å². The van der Waals surface area contributed by atoms with E-state index in [1.165, 1.54) is 11.8 Å². The molecule has 0 unspecified atom stereocenters. The molecule has 0 aliphatic carbocycles. The first-order valence-corrected chi connectivity index (χ1v) is 13.0. The Morgan fingerprint density at radius 2 is 1.39 bits per heavy atom. The van der Waals surface area contributed by atoms with Gasteiger partial charge in [0.15, 0.2) is 0 Å². The molecule has 3 N–H and O–H groups in total. The number of aryl methyl sites for hydroxylation is 1. The van der Waals surface area contributed by atoms with Gasteiger partial charge in [0.25, 0.3) is 11.8 Å². The quantitative estimate of drug-likeness (QED) is 0.183. The lowest BCUT2D eigenvalue weighted by molar-refractivity contribution is -0.114. The van der Waals surface area contributed by atoms with Crippen molar-refractivity contribution in [1.29, 1.82) is 0 Å². The Hall–Kier alpha value is -4.62. The molecular formula is C31H27N3O3S. The zero-order chi connectivity index (χ0) is 26.7. The fourth-order valence-electron chi connectivity index (χ4n) is 3.57. The lowest BCUT2D eigenvalue weighted by Crippen LogP contribution is -2.30. The summed E-state index contributed by atoms with van der Waals surface area (Å²) >= 11 is 1.40. The van der Waals surface area contributed by atoms with E-state index in [4.69, 9.17) is 0 Å². The van der Waals surface area contributed by atoms with Crippen LogP contribution in [-0.2, 0) is 9.59 Å². The average molecular weight is 522 g/mol. The number of nitrogens with one attached hydrogen (secondary N) is 3. The number of benzene rings is 4. The molecule has 0 aliphatic rings. The van der Waals surface area contributed by atoms with Gasteiger partial charge in [-0.15, -0.1) is 11.8 Å². The maximum atomic E-state index is 13.2. The van der Waals surface area contributed by atoms with Crippen LogP contribution >= 0.6 is 11.8 Å². The van der Waals surface area contributed by atoms with Gasteiger partial charge in [0.05, 0.1) is 5.75 Å². The molecule has 4 aromatic rings. The van der Waals surface area contributed by atoms with Gasteiger partial charge in [0, 0.05) is 21.8 Å². The van der Waals surface area contributed by atoms with Gasteiger partial charge in [-0.3, -0.25) is 14.4 Å². The Morgan fingerprint density at radius 1 is 0.737 bits per heavy atom. The molecule has 0 bridgehead atoms. The Bertz CT molecular complexity index is 1440. The van der Waals surface area contributed by atoms with Crippen LogP contribution in [0.4, 0.5) is 11.4 Å². The van der Waals surface area contributed by atoms with Crippen molar-refractivity contribution in [1.82, 2.24) is 5.32 Å². The summed E-state index contributed by atoms with van der Waals surface area (Å²) in [5, 5.41) is 8.45. The number of thioether (sulfide) groups is 1. The number of rotatable bonds is 9. The van der Waals surface area contributed by atoms with E-state index in [9.17, 15) is 14.4 Å². The summed E-state index contributed by atoms with van der Waals surface area (Å²) in [5.74, 6) is -0.660. The van der Waals surface area contributed by atoms with Crippen molar-refractivity contribution in [2.24, 2.45) is 0 Å². The summed E-state index contributed by atoms with van der Waals surface area (Å²) in [5.41, 5.74) is 3.73. The number of anilines is 2. The molecule has 3 amide bonds. The van der Waals surface area contributed by atoms with Crippen molar-refractivity contribution in [2.45, 2.75) is 11.8 Å². The van der Waals surface area contributed by atoms with E-state index in [2.05, 4.69) is 16.0 Å². The molecule has 0 fully saturated rings. The Morgan fingerprint density at radius 3 is 2.08 bits per heavy atom. The van der Waals surface area contributed by atoms with Crippen LogP contribution < -0.4 is 16.0 Å². The lowest BCUT2D eigenvalue weighted by atomic mass is 10.1. The maximum absolute atomic E-state index is 13.2. The van der Waals surface area contributed by atoms with Crippen molar-refractivity contribution in [2.75, 3.05) is 16.4 Å². The van der Waals surface area contributed by atoms with Gasteiger partial charge >= 0.3 is 0 Å². The van der Waals surface area contributed by atoms with E-state index in [1.54, 1.807) is 42.5 Å². The minimum Gasteiger partial charge on any atom is -0.325 e. The van der Waals surface area contributed by atoms with E-state index < -0.39 is 5.91 Å². The van der Waals surface area contributed by atoms with Crippen molar-refractivity contribution >= 4 is 46.9 Å². The van der Waals surface area contributed by atoms with Gasteiger partial charge in [0.2, 0.25) is 5.91 Å². The van der Waals surface area contributed by atoms with E-state index in [0.29, 0.717) is 11.3 Å². The number of amides is 3. The van der Waals surface area contributed by atoms with Crippen LogP contribution in [0.3, 0.4) is 0 Å². The third-order valence-electron chi connectivity index (χ3n) is 5.42. The first kappa shape index (κ1) is 26.4. The predicted octanol–water partition coefficient (Wildman–Crippen LogP) is 6.14.